The maximum atomic E-state index is 4.87. The molecule has 0 aliphatic carbocycles. The van der Waals surface area contributed by atoms with E-state index in [0.717, 1.165) is 28.1 Å². The van der Waals surface area contributed by atoms with E-state index in [1.165, 1.54) is 5.56 Å². The summed E-state index contributed by atoms with van der Waals surface area (Å²) in [7, 11) is 0. The number of benzene rings is 3. The molecule has 0 fully saturated rings. The van der Waals surface area contributed by atoms with Crippen molar-refractivity contribution >= 4 is 0 Å². The van der Waals surface area contributed by atoms with E-state index in [0.29, 0.717) is 18.3 Å². The first kappa shape index (κ1) is 19.9. The van der Waals surface area contributed by atoms with Crippen molar-refractivity contribution in [2.24, 2.45) is 0 Å². The summed E-state index contributed by atoms with van der Waals surface area (Å²) in [6, 6.07) is 28.6. The second kappa shape index (κ2) is 8.59. The third-order valence-electron chi connectivity index (χ3n) is 5.46. The van der Waals surface area contributed by atoms with E-state index in [-0.39, 0.29) is 0 Å². The third kappa shape index (κ3) is 4.07. The van der Waals surface area contributed by atoms with Crippen molar-refractivity contribution in [3.05, 3.63) is 102 Å². The molecule has 0 amide bonds. The Morgan fingerprint density at radius 3 is 2.12 bits per heavy atom. The number of tetrazole rings is 1. The van der Waals surface area contributed by atoms with Gasteiger partial charge in [-0.1, -0.05) is 86.6 Å². The SMILES string of the molecule is CC(C)c1ccc(-c2nnn(Cc3cn(-c4ccccc4)nc3-c3ccccc3)n2)cc1. The highest BCUT2D eigenvalue weighted by atomic mass is 15.6. The largest absolute Gasteiger partial charge is 0.240 e. The Kier molecular flexibility index (Phi) is 5.34. The Morgan fingerprint density at radius 1 is 0.750 bits per heavy atom. The number of rotatable bonds is 6. The first-order valence-electron chi connectivity index (χ1n) is 10.7. The van der Waals surface area contributed by atoms with E-state index in [9.17, 15) is 0 Å². The van der Waals surface area contributed by atoms with Crippen LogP contribution in [0.25, 0.3) is 28.3 Å². The summed E-state index contributed by atoms with van der Waals surface area (Å²) in [5.41, 5.74) is 6.26. The minimum Gasteiger partial charge on any atom is -0.240 e. The lowest BCUT2D eigenvalue weighted by Crippen LogP contribution is -2.04. The Labute approximate surface area is 187 Å². The predicted molar refractivity (Wildman–Crippen MR) is 125 cm³/mol. The van der Waals surface area contributed by atoms with Crippen LogP contribution in [0.2, 0.25) is 0 Å². The van der Waals surface area contributed by atoms with Crippen LogP contribution in [-0.2, 0) is 6.54 Å². The van der Waals surface area contributed by atoms with Gasteiger partial charge in [0.05, 0.1) is 17.9 Å². The van der Waals surface area contributed by atoms with Gasteiger partial charge < -0.3 is 0 Å². The molecule has 0 atom stereocenters. The number of hydrogen-bond acceptors (Lipinski definition) is 4. The molecule has 0 saturated heterocycles. The van der Waals surface area contributed by atoms with Crippen LogP contribution in [0, 0.1) is 0 Å². The van der Waals surface area contributed by atoms with Gasteiger partial charge in [-0.05, 0) is 28.8 Å². The van der Waals surface area contributed by atoms with E-state index in [4.69, 9.17) is 5.10 Å². The van der Waals surface area contributed by atoms with E-state index in [1.54, 1.807) is 4.80 Å². The van der Waals surface area contributed by atoms with Crippen LogP contribution in [-0.4, -0.2) is 30.0 Å². The van der Waals surface area contributed by atoms with Gasteiger partial charge in [-0.15, -0.1) is 10.2 Å². The van der Waals surface area contributed by atoms with Gasteiger partial charge in [0.15, 0.2) is 0 Å². The van der Waals surface area contributed by atoms with E-state index >= 15 is 0 Å². The summed E-state index contributed by atoms with van der Waals surface area (Å²) in [4.78, 5) is 1.63. The Bertz CT molecular complexity index is 1300. The van der Waals surface area contributed by atoms with Crippen LogP contribution in [0.5, 0.6) is 0 Å². The molecule has 5 aromatic rings. The highest BCUT2D eigenvalue weighted by Gasteiger charge is 2.15. The van der Waals surface area contributed by atoms with E-state index in [1.807, 2.05) is 59.4 Å². The normalized spacial score (nSPS) is 11.2. The molecule has 0 bridgehead atoms. The standard InChI is InChI=1S/C26H24N6/c1-19(2)20-13-15-22(16-14-20)26-27-30-32(29-26)18-23-17-31(24-11-7-4-8-12-24)28-25(23)21-9-5-3-6-10-21/h3-17,19H,18H2,1-2H3. The minimum atomic E-state index is 0.480. The molecule has 158 valence electrons. The van der Waals surface area contributed by atoms with Crippen LogP contribution in [0.3, 0.4) is 0 Å². The van der Waals surface area contributed by atoms with Gasteiger partial charge >= 0.3 is 0 Å². The average Bonchev–Trinajstić information content (AvgIpc) is 3.48. The Balaban J connectivity index is 1.47. The van der Waals surface area contributed by atoms with Gasteiger partial charge in [-0.3, -0.25) is 0 Å². The van der Waals surface area contributed by atoms with Gasteiger partial charge in [0.1, 0.15) is 0 Å². The highest BCUT2D eigenvalue weighted by Crippen LogP contribution is 2.25. The molecule has 0 saturated carbocycles. The predicted octanol–water partition coefficient (Wildman–Crippen LogP) is 5.36. The van der Waals surface area contributed by atoms with Crippen LogP contribution in [0.15, 0.2) is 91.1 Å². The molecule has 0 N–H and O–H groups in total. The second-order valence-corrected chi connectivity index (χ2v) is 8.07. The molecule has 5 rings (SSSR count). The van der Waals surface area contributed by atoms with Crippen molar-refractivity contribution in [1.29, 1.82) is 0 Å². The first-order valence-corrected chi connectivity index (χ1v) is 10.7. The van der Waals surface area contributed by atoms with Crippen molar-refractivity contribution in [1.82, 2.24) is 30.0 Å². The van der Waals surface area contributed by atoms with Crippen molar-refractivity contribution in [3.8, 4) is 28.3 Å². The van der Waals surface area contributed by atoms with Gasteiger partial charge in [-0.25, -0.2) is 4.68 Å². The molecule has 3 aromatic carbocycles. The molecule has 0 aliphatic rings. The van der Waals surface area contributed by atoms with Gasteiger partial charge in [0, 0.05) is 22.9 Å². The van der Waals surface area contributed by atoms with Crippen molar-refractivity contribution < 1.29 is 0 Å². The smallest absolute Gasteiger partial charge is 0.204 e. The van der Waals surface area contributed by atoms with E-state index in [2.05, 4.69) is 65.7 Å². The van der Waals surface area contributed by atoms with Crippen LogP contribution >= 0.6 is 0 Å². The first-order chi connectivity index (χ1) is 15.7. The maximum Gasteiger partial charge on any atom is 0.204 e. The third-order valence-corrected chi connectivity index (χ3v) is 5.46. The molecular formula is C26H24N6. The molecular weight excluding hydrogens is 396 g/mol. The Hall–Kier alpha value is -4.06. The number of para-hydroxylation sites is 1. The zero-order valence-corrected chi connectivity index (χ0v) is 18.1. The molecule has 6 nitrogen and oxygen atoms in total. The lowest BCUT2D eigenvalue weighted by atomic mass is 10.0. The number of aromatic nitrogens is 6. The lowest BCUT2D eigenvalue weighted by molar-refractivity contribution is 0.573. The van der Waals surface area contributed by atoms with Crippen LogP contribution in [0.1, 0.15) is 30.9 Å². The molecule has 0 radical (unpaired) electrons. The molecule has 0 unspecified atom stereocenters. The number of nitrogens with zero attached hydrogens (tertiary/aromatic N) is 6. The summed E-state index contributed by atoms with van der Waals surface area (Å²) in [5.74, 6) is 1.11. The zero-order valence-electron chi connectivity index (χ0n) is 18.1. The summed E-state index contributed by atoms with van der Waals surface area (Å²) < 4.78 is 1.90. The molecule has 2 heterocycles. The van der Waals surface area contributed by atoms with Gasteiger partial charge in [0.25, 0.3) is 0 Å². The van der Waals surface area contributed by atoms with Crippen molar-refractivity contribution in [3.63, 3.8) is 0 Å². The number of hydrogen-bond donors (Lipinski definition) is 0. The minimum absolute atomic E-state index is 0.480. The molecule has 32 heavy (non-hydrogen) atoms. The topological polar surface area (TPSA) is 61.4 Å². The molecule has 0 aliphatic heterocycles. The maximum absolute atomic E-state index is 4.87. The Morgan fingerprint density at radius 2 is 1.44 bits per heavy atom. The van der Waals surface area contributed by atoms with Crippen LogP contribution in [0.4, 0.5) is 0 Å². The summed E-state index contributed by atoms with van der Waals surface area (Å²) in [6.45, 7) is 4.85. The fraction of sp³-hybridized carbons (Fsp3) is 0.154. The molecule has 2 aromatic heterocycles. The summed E-state index contributed by atoms with van der Waals surface area (Å²) >= 11 is 0. The highest BCUT2D eigenvalue weighted by molar-refractivity contribution is 5.63. The van der Waals surface area contributed by atoms with Crippen molar-refractivity contribution in [2.75, 3.05) is 0 Å². The lowest BCUT2D eigenvalue weighted by Gasteiger charge is -2.04. The zero-order chi connectivity index (χ0) is 21.9. The fourth-order valence-corrected chi connectivity index (χ4v) is 3.67. The average molecular weight is 421 g/mol. The summed E-state index contributed by atoms with van der Waals surface area (Å²) in [6.07, 6.45) is 2.04. The van der Waals surface area contributed by atoms with E-state index < -0.39 is 0 Å². The quantitative estimate of drug-likeness (QED) is 0.371. The monoisotopic (exact) mass is 420 g/mol. The molecule has 6 heteroatoms. The second-order valence-electron chi connectivity index (χ2n) is 8.07. The van der Waals surface area contributed by atoms with Crippen LogP contribution < -0.4 is 0 Å². The molecule has 0 spiro atoms. The van der Waals surface area contributed by atoms with Gasteiger partial charge in [-0.2, -0.15) is 9.90 Å². The van der Waals surface area contributed by atoms with Gasteiger partial charge in [0.2, 0.25) is 5.82 Å². The van der Waals surface area contributed by atoms with Crippen molar-refractivity contribution in [2.45, 2.75) is 26.3 Å². The summed E-state index contributed by atoms with van der Waals surface area (Å²) in [5, 5.41) is 18.1. The fourth-order valence-electron chi connectivity index (χ4n) is 3.67.